The van der Waals surface area contributed by atoms with Crippen LogP contribution in [0, 0.1) is 0 Å². The monoisotopic (exact) mass is 474 g/mol. The molecule has 3 N–H and O–H groups in total. The van der Waals surface area contributed by atoms with Gasteiger partial charge in [0, 0.05) is 12.5 Å². The average molecular weight is 475 g/mol. The molecule has 180 valence electrons. The van der Waals surface area contributed by atoms with Gasteiger partial charge in [-0.25, -0.2) is 14.4 Å². The van der Waals surface area contributed by atoms with E-state index in [0.717, 1.165) is 27.8 Å². The third-order valence-corrected chi connectivity index (χ3v) is 5.85. The van der Waals surface area contributed by atoms with Gasteiger partial charge >= 0.3 is 18.2 Å². The first kappa shape index (κ1) is 23.8. The van der Waals surface area contributed by atoms with Gasteiger partial charge < -0.3 is 25.2 Å². The zero-order valence-electron chi connectivity index (χ0n) is 19.0. The SMILES string of the molecule is O=C(NCC[C@@H](NC(=O)OCc1ccccc1)C(=O)O)OCC1c2ccccc2-c2ccccc21. The molecule has 3 aromatic carbocycles. The lowest BCUT2D eigenvalue weighted by Crippen LogP contribution is -2.43. The first-order chi connectivity index (χ1) is 17.0. The Balaban J connectivity index is 1.23. The fraction of sp³-hybridized carbons (Fsp3) is 0.222. The van der Waals surface area contributed by atoms with Crippen LogP contribution in [0.15, 0.2) is 78.9 Å². The van der Waals surface area contributed by atoms with E-state index in [9.17, 15) is 19.5 Å². The number of hydrogen-bond donors (Lipinski definition) is 3. The summed E-state index contributed by atoms with van der Waals surface area (Å²) in [5.41, 5.74) is 5.25. The summed E-state index contributed by atoms with van der Waals surface area (Å²) < 4.78 is 10.5. The van der Waals surface area contributed by atoms with Gasteiger partial charge in [-0.1, -0.05) is 78.9 Å². The molecule has 35 heavy (non-hydrogen) atoms. The largest absolute Gasteiger partial charge is 0.480 e. The van der Waals surface area contributed by atoms with E-state index in [1.165, 1.54) is 0 Å². The van der Waals surface area contributed by atoms with Gasteiger partial charge in [-0.2, -0.15) is 0 Å². The van der Waals surface area contributed by atoms with Crippen LogP contribution in [0.25, 0.3) is 11.1 Å². The van der Waals surface area contributed by atoms with Crippen LogP contribution in [0.4, 0.5) is 9.59 Å². The highest BCUT2D eigenvalue weighted by Crippen LogP contribution is 2.44. The van der Waals surface area contributed by atoms with Crippen molar-refractivity contribution in [3.63, 3.8) is 0 Å². The van der Waals surface area contributed by atoms with Crippen molar-refractivity contribution in [2.24, 2.45) is 0 Å². The highest BCUT2D eigenvalue weighted by Gasteiger charge is 2.29. The summed E-state index contributed by atoms with van der Waals surface area (Å²) in [5, 5.41) is 14.3. The first-order valence-electron chi connectivity index (χ1n) is 11.3. The molecule has 0 heterocycles. The zero-order valence-corrected chi connectivity index (χ0v) is 19.0. The summed E-state index contributed by atoms with van der Waals surface area (Å²) >= 11 is 0. The molecule has 0 aromatic heterocycles. The topological polar surface area (TPSA) is 114 Å². The van der Waals surface area contributed by atoms with Crippen LogP contribution < -0.4 is 10.6 Å². The minimum atomic E-state index is -1.23. The number of nitrogens with one attached hydrogen (secondary N) is 2. The van der Waals surface area contributed by atoms with E-state index >= 15 is 0 Å². The molecule has 0 fully saturated rings. The normalized spacial score (nSPS) is 12.7. The second-order valence-electron chi connectivity index (χ2n) is 8.14. The van der Waals surface area contributed by atoms with Crippen molar-refractivity contribution >= 4 is 18.2 Å². The molecule has 3 aromatic rings. The molecule has 8 nitrogen and oxygen atoms in total. The number of carboxylic acids is 1. The van der Waals surface area contributed by atoms with Gasteiger partial charge in [-0.05, 0) is 34.2 Å². The van der Waals surface area contributed by atoms with E-state index in [0.29, 0.717) is 0 Å². The van der Waals surface area contributed by atoms with Crippen molar-refractivity contribution in [3.05, 3.63) is 95.6 Å². The van der Waals surface area contributed by atoms with Gasteiger partial charge in [0.25, 0.3) is 0 Å². The highest BCUT2D eigenvalue weighted by molar-refractivity contribution is 5.80. The number of fused-ring (bicyclic) bond motifs is 3. The molecular formula is C27H26N2O6. The second-order valence-corrected chi connectivity index (χ2v) is 8.14. The number of carbonyl (C=O) groups excluding carboxylic acids is 2. The molecule has 0 saturated carbocycles. The molecular weight excluding hydrogens is 448 g/mol. The number of carbonyl (C=O) groups is 3. The Morgan fingerprint density at radius 2 is 1.40 bits per heavy atom. The van der Waals surface area contributed by atoms with Crippen molar-refractivity contribution < 1.29 is 29.0 Å². The number of aliphatic carboxylic acids is 1. The standard InChI is InChI=1S/C27H26N2O6/c30-25(31)24(29-27(33)34-16-18-8-2-1-3-9-18)14-15-28-26(32)35-17-23-21-12-6-4-10-19(21)20-11-5-7-13-22(20)23/h1-13,23-24H,14-17H2,(H,28,32)(H,29,33)(H,30,31)/t24-/m1/s1. The smallest absolute Gasteiger partial charge is 0.408 e. The van der Waals surface area contributed by atoms with Crippen LogP contribution in [-0.2, 0) is 20.9 Å². The molecule has 0 bridgehead atoms. The molecule has 0 aliphatic heterocycles. The molecule has 4 rings (SSSR count). The lowest BCUT2D eigenvalue weighted by molar-refractivity contribution is -0.139. The predicted molar refractivity (Wildman–Crippen MR) is 129 cm³/mol. The molecule has 8 heteroatoms. The molecule has 0 spiro atoms. The third-order valence-electron chi connectivity index (χ3n) is 5.85. The number of hydrogen-bond acceptors (Lipinski definition) is 5. The fourth-order valence-electron chi connectivity index (χ4n) is 4.13. The summed E-state index contributed by atoms with van der Waals surface area (Å²) in [6, 6.07) is 23.9. The molecule has 0 unspecified atom stereocenters. The van der Waals surface area contributed by atoms with Gasteiger partial charge in [0.1, 0.15) is 19.3 Å². The molecule has 2 amide bonds. The van der Waals surface area contributed by atoms with Crippen molar-refractivity contribution in [3.8, 4) is 11.1 Å². The van der Waals surface area contributed by atoms with Gasteiger partial charge in [-0.15, -0.1) is 0 Å². The Morgan fingerprint density at radius 1 is 0.800 bits per heavy atom. The van der Waals surface area contributed by atoms with E-state index in [-0.39, 0.29) is 32.1 Å². The molecule has 0 saturated heterocycles. The summed E-state index contributed by atoms with van der Waals surface area (Å²) in [5.74, 6) is -1.29. The number of alkyl carbamates (subject to hydrolysis) is 2. The second kappa shape index (κ2) is 11.2. The minimum absolute atomic E-state index is 0.00655. The molecule has 0 radical (unpaired) electrons. The van der Waals surface area contributed by atoms with Crippen molar-refractivity contribution in [2.75, 3.05) is 13.2 Å². The quantitative estimate of drug-likeness (QED) is 0.426. The Morgan fingerprint density at radius 3 is 2.03 bits per heavy atom. The highest BCUT2D eigenvalue weighted by atomic mass is 16.6. The Labute approximate surface area is 202 Å². The molecule has 1 atom stereocenters. The van der Waals surface area contributed by atoms with Gasteiger partial charge in [-0.3, -0.25) is 0 Å². The van der Waals surface area contributed by atoms with Crippen LogP contribution >= 0.6 is 0 Å². The number of ether oxygens (including phenoxy) is 2. The van der Waals surface area contributed by atoms with Gasteiger partial charge in [0.2, 0.25) is 0 Å². The first-order valence-corrected chi connectivity index (χ1v) is 11.3. The summed E-state index contributed by atoms with van der Waals surface area (Å²) in [6.45, 7) is 0.190. The maximum atomic E-state index is 12.3. The van der Waals surface area contributed by atoms with Crippen LogP contribution in [0.3, 0.4) is 0 Å². The van der Waals surface area contributed by atoms with Crippen LogP contribution in [0.1, 0.15) is 29.0 Å². The average Bonchev–Trinajstić information content (AvgIpc) is 3.20. The Bertz CT molecular complexity index is 1150. The van der Waals surface area contributed by atoms with E-state index in [1.807, 2.05) is 54.6 Å². The zero-order chi connectivity index (χ0) is 24.6. The van der Waals surface area contributed by atoms with E-state index in [4.69, 9.17) is 9.47 Å². The summed E-state index contributed by atoms with van der Waals surface area (Å²) in [4.78, 5) is 35.7. The van der Waals surface area contributed by atoms with Crippen molar-refractivity contribution in [1.82, 2.24) is 10.6 Å². The van der Waals surface area contributed by atoms with Gasteiger partial charge in [0.05, 0.1) is 0 Å². The molecule has 1 aliphatic carbocycles. The molecule has 1 aliphatic rings. The Kier molecular flexibility index (Phi) is 7.62. The van der Waals surface area contributed by atoms with Gasteiger partial charge in [0.15, 0.2) is 0 Å². The number of carboxylic acid groups (broad SMARTS) is 1. The van der Waals surface area contributed by atoms with E-state index < -0.39 is 24.2 Å². The maximum Gasteiger partial charge on any atom is 0.408 e. The number of rotatable bonds is 9. The Hall–Kier alpha value is -4.33. The number of amides is 2. The van der Waals surface area contributed by atoms with E-state index in [2.05, 4.69) is 22.8 Å². The maximum absolute atomic E-state index is 12.3. The summed E-state index contributed by atoms with van der Waals surface area (Å²) in [6.07, 6.45) is -1.52. The summed E-state index contributed by atoms with van der Waals surface area (Å²) in [7, 11) is 0. The lowest BCUT2D eigenvalue weighted by atomic mass is 9.98. The van der Waals surface area contributed by atoms with Crippen molar-refractivity contribution in [2.45, 2.75) is 25.0 Å². The van der Waals surface area contributed by atoms with Crippen LogP contribution in [-0.4, -0.2) is 42.5 Å². The van der Waals surface area contributed by atoms with Crippen molar-refractivity contribution in [1.29, 1.82) is 0 Å². The minimum Gasteiger partial charge on any atom is -0.480 e. The van der Waals surface area contributed by atoms with Crippen LogP contribution in [0.5, 0.6) is 0 Å². The number of benzene rings is 3. The lowest BCUT2D eigenvalue weighted by Gasteiger charge is -2.16. The van der Waals surface area contributed by atoms with Crippen LogP contribution in [0.2, 0.25) is 0 Å². The predicted octanol–water partition coefficient (Wildman–Crippen LogP) is 4.29. The third kappa shape index (κ3) is 5.97. The fourth-order valence-corrected chi connectivity index (χ4v) is 4.13. The van der Waals surface area contributed by atoms with E-state index in [1.54, 1.807) is 12.1 Å².